The second-order valence-corrected chi connectivity index (χ2v) is 14.6. The lowest BCUT2D eigenvalue weighted by molar-refractivity contribution is 0.0515. The number of sulfonamides is 1. The largest absolute Gasteiger partial charge is 0.371 e. The summed E-state index contributed by atoms with van der Waals surface area (Å²) in [6.07, 6.45) is 8.72. The summed E-state index contributed by atoms with van der Waals surface area (Å²) in [5, 5.41) is 0.186. The fourth-order valence-corrected chi connectivity index (χ4v) is 8.84. The third-order valence-corrected chi connectivity index (χ3v) is 11.4. The second kappa shape index (κ2) is 10.7. The van der Waals surface area contributed by atoms with E-state index in [-0.39, 0.29) is 21.2 Å². The van der Waals surface area contributed by atoms with Crippen LogP contribution in [0.25, 0.3) is 0 Å². The highest BCUT2D eigenvalue weighted by Gasteiger charge is 2.43. The minimum Gasteiger partial charge on any atom is -0.371 e. The number of anilines is 1. The molecule has 0 saturated carbocycles. The van der Waals surface area contributed by atoms with Crippen LogP contribution in [0.4, 0.5) is 5.69 Å². The Morgan fingerprint density at radius 3 is 2.29 bits per heavy atom. The predicted molar refractivity (Wildman–Crippen MR) is 162 cm³/mol. The summed E-state index contributed by atoms with van der Waals surface area (Å²) in [7, 11) is -3.86. The molecule has 1 spiro atoms. The maximum atomic E-state index is 13.7. The number of nitrogens with zero attached hydrogens (tertiary/aromatic N) is 3. The molecular weight excluding hydrogens is 556 g/mol. The number of rotatable bonds is 5. The second-order valence-electron chi connectivity index (χ2n) is 12.5. The lowest BCUT2D eigenvalue weighted by Crippen LogP contribution is -2.48. The predicted octanol–water partition coefficient (Wildman–Crippen LogP) is 5.86. The van der Waals surface area contributed by atoms with Gasteiger partial charge in [-0.05, 0) is 90.5 Å². The van der Waals surface area contributed by atoms with Crippen LogP contribution >= 0.6 is 11.6 Å². The summed E-state index contributed by atoms with van der Waals surface area (Å²) >= 11 is 6.23. The average Bonchev–Trinajstić information content (AvgIpc) is 3.22. The van der Waals surface area contributed by atoms with Gasteiger partial charge in [-0.3, -0.25) is 9.78 Å². The molecule has 1 atom stereocenters. The Morgan fingerprint density at radius 1 is 0.951 bits per heavy atom. The SMILES string of the molecule is CC1(C)Cc2ccc(C(=O)N3CCC4(CC3)CCN(c3ccncc3)CC4)cc2C1NS(=O)(=O)c1ccccc1Cl. The fraction of sp³-hybridized carbons (Fsp3) is 0.438. The van der Waals surface area contributed by atoms with Crippen LogP contribution in [-0.4, -0.2) is 50.4 Å². The number of nitrogens with one attached hydrogen (secondary N) is 1. The van der Waals surface area contributed by atoms with Crippen molar-refractivity contribution in [3.63, 3.8) is 0 Å². The molecule has 6 rings (SSSR count). The van der Waals surface area contributed by atoms with E-state index in [0.29, 0.717) is 11.0 Å². The lowest BCUT2D eigenvalue weighted by atomic mass is 9.71. The van der Waals surface area contributed by atoms with E-state index in [9.17, 15) is 13.2 Å². The van der Waals surface area contributed by atoms with Crippen molar-refractivity contribution in [3.8, 4) is 0 Å². The van der Waals surface area contributed by atoms with Gasteiger partial charge in [-0.2, -0.15) is 0 Å². The summed E-state index contributed by atoms with van der Waals surface area (Å²) in [5.41, 5.74) is 3.72. The molecule has 1 aliphatic carbocycles. The van der Waals surface area contributed by atoms with E-state index in [2.05, 4.69) is 40.6 Å². The number of pyridine rings is 1. The molecule has 0 bridgehead atoms. The molecule has 7 nitrogen and oxygen atoms in total. The Hall–Kier alpha value is -2.94. The van der Waals surface area contributed by atoms with Crippen molar-refractivity contribution < 1.29 is 13.2 Å². The van der Waals surface area contributed by atoms with Crippen LogP contribution in [0.5, 0.6) is 0 Å². The molecule has 41 heavy (non-hydrogen) atoms. The van der Waals surface area contributed by atoms with Gasteiger partial charge in [0, 0.05) is 49.8 Å². The van der Waals surface area contributed by atoms with Crippen LogP contribution in [0, 0.1) is 10.8 Å². The van der Waals surface area contributed by atoms with Crippen molar-refractivity contribution >= 4 is 33.2 Å². The number of carbonyl (C=O) groups is 1. The molecule has 2 aliphatic heterocycles. The third kappa shape index (κ3) is 5.49. The Labute approximate surface area is 248 Å². The number of likely N-dealkylation sites (tertiary alicyclic amines) is 1. The molecule has 3 aliphatic rings. The van der Waals surface area contributed by atoms with Crippen LogP contribution < -0.4 is 9.62 Å². The maximum absolute atomic E-state index is 13.7. The van der Waals surface area contributed by atoms with Gasteiger partial charge >= 0.3 is 0 Å². The number of carbonyl (C=O) groups excluding carboxylic acids is 1. The molecule has 1 aromatic heterocycles. The van der Waals surface area contributed by atoms with Crippen LogP contribution in [-0.2, 0) is 16.4 Å². The highest BCUT2D eigenvalue weighted by molar-refractivity contribution is 7.89. The normalized spacial score (nSPS) is 21.6. The summed E-state index contributed by atoms with van der Waals surface area (Å²) in [5.74, 6) is 0.0225. The van der Waals surface area contributed by atoms with Crippen LogP contribution in [0.3, 0.4) is 0 Å². The van der Waals surface area contributed by atoms with Gasteiger partial charge in [0.25, 0.3) is 5.91 Å². The van der Waals surface area contributed by atoms with E-state index in [1.165, 1.54) is 11.8 Å². The number of piperidine rings is 2. The molecule has 1 N–H and O–H groups in total. The van der Waals surface area contributed by atoms with Gasteiger partial charge in [-0.1, -0.05) is 43.6 Å². The third-order valence-electron chi connectivity index (χ3n) is 9.49. The minimum absolute atomic E-state index is 0.0225. The minimum atomic E-state index is -3.86. The zero-order chi connectivity index (χ0) is 28.8. The van der Waals surface area contributed by atoms with Gasteiger partial charge in [0.05, 0.1) is 11.1 Å². The van der Waals surface area contributed by atoms with Gasteiger partial charge in [-0.15, -0.1) is 0 Å². The zero-order valence-corrected chi connectivity index (χ0v) is 25.2. The number of hydrogen-bond donors (Lipinski definition) is 1. The van der Waals surface area contributed by atoms with Gasteiger partial charge in [0.1, 0.15) is 4.90 Å². The van der Waals surface area contributed by atoms with Crippen LogP contribution in [0.2, 0.25) is 5.02 Å². The summed E-state index contributed by atoms with van der Waals surface area (Å²) in [6, 6.07) is 15.9. The van der Waals surface area contributed by atoms with E-state index in [1.807, 2.05) is 35.5 Å². The highest BCUT2D eigenvalue weighted by Crippen LogP contribution is 2.47. The Kier molecular flexibility index (Phi) is 7.37. The smallest absolute Gasteiger partial charge is 0.253 e. The van der Waals surface area contributed by atoms with Crippen LogP contribution in [0.15, 0.2) is 71.9 Å². The van der Waals surface area contributed by atoms with Crippen molar-refractivity contribution in [2.75, 3.05) is 31.1 Å². The molecule has 9 heteroatoms. The van der Waals surface area contributed by atoms with Crippen molar-refractivity contribution in [1.29, 1.82) is 0 Å². The molecule has 3 aromatic rings. The number of hydrogen-bond acceptors (Lipinski definition) is 5. The van der Waals surface area contributed by atoms with E-state index >= 15 is 0 Å². The first kappa shape index (κ1) is 28.2. The Morgan fingerprint density at radius 2 is 1.61 bits per heavy atom. The van der Waals surface area contributed by atoms with E-state index in [4.69, 9.17) is 11.6 Å². The maximum Gasteiger partial charge on any atom is 0.253 e. The molecule has 216 valence electrons. The zero-order valence-electron chi connectivity index (χ0n) is 23.6. The average molecular weight is 593 g/mol. The monoisotopic (exact) mass is 592 g/mol. The van der Waals surface area contributed by atoms with E-state index in [1.54, 1.807) is 18.2 Å². The molecule has 2 fully saturated rings. The Balaban J connectivity index is 1.14. The quantitative estimate of drug-likeness (QED) is 0.401. The fourth-order valence-electron chi connectivity index (χ4n) is 6.94. The first-order chi connectivity index (χ1) is 19.6. The van der Waals surface area contributed by atoms with Gasteiger partial charge in [-0.25, -0.2) is 13.1 Å². The number of fused-ring (bicyclic) bond motifs is 1. The molecule has 2 aromatic carbocycles. The topological polar surface area (TPSA) is 82.6 Å². The van der Waals surface area contributed by atoms with E-state index < -0.39 is 16.1 Å². The summed E-state index contributed by atoms with van der Waals surface area (Å²) in [4.78, 5) is 22.3. The number of halogens is 1. The van der Waals surface area contributed by atoms with Gasteiger partial charge in [0.15, 0.2) is 0 Å². The molecule has 3 heterocycles. The Bertz CT molecular complexity index is 1540. The molecule has 0 radical (unpaired) electrons. The van der Waals surface area contributed by atoms with Gasteiger partial charge in [0.2, 0.25) is 10.0 Å². The standard InChI is InChI=1S/C32H37ClN4O3S/c1-31(2)22-24-8-7-23(21-26(24)29(31)35-41(39,40)28-6-4-3-5-27(28)33)30(38)37-19-13-32(14-20-37)11-17-36(18-12-32)25-9-15-34-16-10-25/h3-10,15-16,21,29,35H,11-14,17-20,22H2,1-2H3. The summed E-state index contributed by atoms with van der Waals surface area (Å²) < 4.78 is 29.6. The van der Waals surface area contributed by atoms with Crippen molar-refractivity contribution in [1.82, 2.24) is 14.6 Å². The lowest BCUT2D eigenvalue weighted by Gasteiger charge is -2.47. The molecule has 1 amide bonds. The van der Waals surface area contributed by atoms with Crippen molar-refractivity contribution in [2.45, 2.75) is 56.9 Å². The number of amides is 1. The first-order valence-corrected chi connectivity index (χ1v) is 16.3. The molecular formula is C32H37ClN4O3S. The van der Waals surface area contributed by atoms with Crippen molar-refractivity contribution in [2.24, 2.45) is 10.8 Å². The number of aromatic nitrogens is 1. The highest BCUT2D eigenvalue weighted by atomic mass is 35.5. The van der Waals surface area contributed by atoms with Crippen molar-refractivity contribution in [3.05, 3.63) is 88.7 Å². The van der Waals surface area contributed by atoms with Crippen LogP contribution in [0.1, 0.15) is 67.1 Å². The first-order valence-electron chi connectivity index (χ1n) is 14.4. The molecule has 2 saturated heterocycles. The summed E-state index contributed by atoms with van der Waals surface area (Å²) in [6.45, 7) is 7.67. The molecule has 1 unspecified atom stereocenters. The van der Waals surface area contributed by atoms with Gasteiger partial charge < -0.3 is 9.80 Å². The van der Waals surface area contributed by atoms with E-state index in [0.717, 1.165) is 69.4 Å². The number of benzene rings is 2.